The quantitative estimate of drug-likeness (QED) is 0.353. The maximum absolute atomic E-state index is 11.9. The van der Waals surface area contributed by atoms with Gasteiger partial charge in [-0.05, 0) is 35.4 Å². The van der Waals surface area contributed by atoms with Crippen molar-refractivity contribution in [3.8, 4) is 0 Å². The molecule has 0 aliphatic heterocycles. The molecular formula is C19H23Cl2IN4O. The van der Waals surface area contributed by atoms with E-state index in [9.17, 15) is 4.79 Å². The third-order valence-corrected chi connectivity index (χ3v) is 4.34. The van der Waals surface area contributed by atoms with Gasteiger partial charge in [-0.3, -0.25) is 9.79 Å². The minimum absolute atomic E-state index is 0. The van der Waals surface area contributed by atoms with Crippen LogP contribution < -0.4 is 10.6 Å². The SMILES string of the molecule is CN=C(NCc1ccc(C(=O)N(C)C)cc1)NCc1ccc(Cl)cc1Cl.I. The number of amides is 1. The maximum atomic E-state index is 11.9. The summed E-state index contributed by atoms with van der Waals surface area (Å²) in [5, 5.41) is 7.67. The largest absolute Gasteiger partial charge is 0.352 e. The van der Waals surface area contributed by atoms with E-state index in [1.54, 1.807) is 38.2 Å². The molecule has 0 aliphatic rings. The highest BCUT2D eigenvalue weighted by Gasteiger charge is 2.07. The normalized spacial score (nSPS) is 10.8. The molecular weight excluding hydrogens is 498 g/mol. The van der Waals surface area contributed by atoms with Crippen molar-refractivity contribution in [3.63, 3.8) is 0 Å². The number of guanidine groups is 1. The lowest BCUT2D eigenvalue weighted by Gasteiger charge is -2.14. The number of nitrogens with zero attached hydrogens (tertiary/aromatic N) is 2. The van der Waals surface area contributed by atoms with E-state index in [0.29, 0.717) is 34.7 Å². The summed E-state index contributed by atoms with van der Waals surface area (Å²) in [5.41, 5.74) is 2.65. The summed E-state index contributed by atoms with van der Waals surface area (Å²) < 4.78 is 0. The predicted molar refractivity (Wildman–Crippen MR) is 123 cm³/mol. The molecule has 0 unspecified atom stereocenters. The summed E-state index contributed by atoms with van der Waals surface area (Å²) >= 11 is 12.1. The zero-order chi connectivity index (χ0) is 19.1. The molecule has 0 saturated carbocycles. The summed E-state index contributed by atoms with van der Waals surface area (Å²) in [4.78, 5) is 17.7. The monoisotopic (exact) mass is 520 g/mol. The van der Waals surface area contributed by atoms with Crippen LogP contribution in [-0.4, -0.2) is 37.9 Å². The van der Waals surface area contributed by atoms with Crippen molar-refractivity contribution >= 4 is 59.0 Å². The van der Waals surface area contributed by atoms with Crippen LogP contribution in [0.25, 0.3) is 0 Å². The Kier molecular flexibility index (Phi) is 9.90. The molecule has 5 nitrogen and oxygen atoms in total. The van der Waals surface area contributed by atoms with Crippen LogP contribution in [0.1, 0.15) is 21.5 Å². The fourth-order valence-electron chi connectivity index (χ4n) is 2.27. The lowest BCUT2D eigenvalue weighted by atomic mass is 10.1. The average molecular weight is 521 g/mol. The van der Waals surface area contributed by atoms with Crippen LogP contribution in [0.4, 0.5) is 0 Å². The highest BCUT2D eigenvalue weighted by molar-refractivity contribution is 14.0. The summed E-state index contributed by atoms with van der Waals surface area (Å²) in [5.74, 6) is 0.645. The first-order valence-electron chi connectivity index (χ1n) is 8.09. The number of benzene rings is 2. The van der Waals surface area contributed by atoms with Gasteiger partial charge in [-0.2, -0.15) is 0 Å². The van der Waals surface area contributed by atoms with Gasteiger partial charge in [0.25, 0.3) is 5.91 Å². The number of nitrogens with one attached hydrogen (secondary N) is 2. The molecule has 8 heteroatoms. The first-order valence-corrected chi connectivity index (χ1v) is 8.85. The van der Waals surface area contributed by atoms with Crippen LogP contribution >= 0.6 is 47.2 Å². The van der Waals surface area contributed by atoms with Crippen molar-refractivity contribution in [2.75, 3.05) is 21.1 Å². The second-order valence-corrected chi connectivity index (χ2v) is 6.76. The van der Waals surface area contributed by atoms with Crippen LogP contribution in [0.15, 0.2) is 47.5 Å². The van der Waals surface area contributed by atoms with E-state index < -0.39 is 0 Å². The molecule has 0 radical (unpaired) electrons. The summed E-state index contributed by atoms with van der Waals surface area (Å²) in [6.45, 7) is 1.12. The number of carbonyl (C=O) groups is 1. The summed E-state index contributed by atoms with van der Waals surface area (Å²) in [6, 6.07) is 12.9. The molecule has 0 fully saturated rings. The number of aliphatic imine (C=N–C) groups is 1. The molecule has 2 aromatic rings. The Hall–Kier alpha value is -1.51. The first kappa shape index (κ1) is 23.5. The Morgan fingerprint density at radius 3 is 2.22 bits per heavy atom. The van der Waals surface area contributed by atoms with E-state index in [2.05, 4.69) is 15.6 Å². The standard InChI is InChI=1S/C19H22Cl2N4O.HI/c1-22-19(24-12-15-8-9-16(20)10-17(15)21)23-11-13-4-6-14(7-5-13)18(26)25(2)3;/h4-10H,11-12H2,1-3H3,(H2,22,23,24);1H. The number of carbonyl (C=O) groups excluding carboxylic acids is 1. The van der Waals surface area contributed by atoms with Gasteiger partial charge in [0.15, 0.2) is 5.96 Å². The Labute approximate surface area is 187 Å². The minimum atomic E-state index is -0.0122. The minimum Gasteiger partial charge on any atom is -0.352 e. The van der Waals surface area contributed by atoms with Gasteiger partial charge in [0.1, 0.15) is 0 Å². The lowest BCUT2D eigenvalue weighted by molar-refractivity contribution is 0.0827. The van der Waals surface area contributed by atoms with E-state index in [0.717, 1.165) is 11.1 Å². The smallest absolute Gasteiger partial charge is 0.253 e. The van der Waals surface area contributed by atoms with Crippen LogP contribution in [-0.2, 0) is 13.1 Å². The Bertz CT molecular complexity index is 795. The third-order valence-electron chi connectivity index (χ3n) is 3.75. The van der Waals surface area contributed by atoms with Gasteiger partial charge in [-0.1, -0.05) is 41.4 Å². The van der Waals surface area contributed by atoms with E-state index in [1.807, 2.05) is 30.3 Å². The second-order valence-electron chi connectivity index (χ2n) is 5.91. The summed E-state index contributed by atoms with van der Waals surface area (Å²) in [7, 11) is 5.18. The Morgan fingerprint density at radius 2 is 1.67 bits per heavy atom. The van der Waals surface area contributed by atoms with Gasteiger partial charge in [0.2, 0.25) is 0 Å². The highest BCUT2D eigenvalue weighted by Crippen LogP contribution is 2.20. The molecule has 0 aromatic heterocycles. The van der Waals surface area contributed by atoms with Crippen molar-refractivity contribution in [3.05, 3.63) is 69.2 Å². The number of rotatable bonds is 5. The van der Waals surface area contributed by atoms with Crippen LogP contribution in [0.2, 0.25) is 10.0 Å². The van der Waals surface area contributed by atoms with Crippen LogP contribution in [0, 0.1) is 0 Å². The first-order chi connectivity index (χ1) is 12.4. The van der Waals surface area contributed by atoms with Crippen molar-refractivity contribution in [2.45, 2.75) is 13.1 Å². The summed E-state index contributed by atoms with van der Waals surface area (Å²) in [6.07, 6.45) is 0. The molecule has 2 rings (SSSR count). The topological polar surface area (TPSA) is 56.7 Å². The lowest BCUT2D eigenvalue weighted by Crippen LogP contribution is -2.36. The molecule has 0 spiro atoms. The van der Waals surface area contributed by atoms with E-state index in [4.69, 9.17) is 23.2 Å². The molecule has 1 amide bonds. The van der Waals surface area contributed by atoms with Crippen molar-refractivity contribution in [1.29, 1.82) is 0 Å². The van der Waals surface area contributed by atoms with Crippen LogP contribution in [0.3, 0.4) is 0 Å². The van der Waals surface area contributed by atoms with Gasteiger partial charge >= 0.3 is 0 Å². The fourth-order valence-corrected chi connectivity index (χ4v) is 2.75. The predicted octanol–water partition coefficient (Wildman–Crippen LogP) is 4.18. The van der Waals surface area contributed by atoms with Crippen molar-refractivity contribution in [2.24, 2.45) is 4.99 Å². The maximum Gasteiger partial charge on any atom is 0.253 e. The molecule has 0 atom stereocenters. The number of hydrogen-bond donors (Lipinski definition) is 2. The fraction of sp³-hybridized carbons (Fsp3) is 0.263. The van der Waals surface area contributed by atoms with E-state index >= 15 is 0 Å². The Morgan fingerprint density at radius 1 is 1.04 bits per heavy atom. The average Bonchev–Trinajstić information content (AvgIpc) is 2.63. The molecule has 27 heavy (non-hydrogen) atoms. The third kappa shape index (κ3) is 7.20. The molecule has 2 N–H and O–H groups in total. The Balaban J connectivity index is 0.00000364. The molecule has 146 valence electrons. The van der Waals surface area contributed by atoms with Gasteiger partial charge in [0.05, 0.1) is 0 Å². The second kappa shape index (κ2) is 11.4. The van der Waals surface area contributed by atoms with E-state index in [1.165, 1.54) is 0 Å². The molecule has 0 bridgehead atoms. The molecule has 0 aliphatic carbocycles. The van der Waals surface area contributed by atoms with Crippen LogP contribution in [0.5, 0.6) is 0 Å². The zero-order valence-electron chi connectivity index (χ0n) is 15.4. The molecule has 0 heterocycles. The van der Waals surface area contributed by atoms with Gasteiger partial charge in [0, 0.05) is 49.8 Å². The molecule has 2 aromatic carbocycles. The highest BCUT2D eigenvalue weighted by atomic mass is 127. The van der Waals surface area contributed by atoms with E-state index in [-0.39, 0.29) is 29.9 Å². The van der Waals surface area contributed by atoms with Crippen molar-refractivity contribution in [1.82, 2.24) is 15.5 Å². The van der Waals surface area contributed by atoms with Gasteiger partial charge in [-0.25, -0.2) is 0 Å². The van der Waals surface area contributed by atoms with Gasteiger partial charge in [-0.15, -0.1) is 24.0 Å². The number of halogens is 3. The molecule has 0 saturated heterocycles. The van der Waals surface area contributed by atoms with Crippen molar-refractivity contribution < 1.29 is 4.79 Å². The van der Waals surface area contributed by atoms with Gasteiger partial charge < -0.3 is 15.5 Å². The number of hydrogen-bond acceptors (Lipinski definition) is 2. The zero-order valence-corrected chi connectivity index (χ0v) is 19.3.